The number of carbonyl (C=O) groups excluding carboxylic acids is 2. The molecule has 0 unspecified atom stereocenters. The van der Waals surface area contributed by atoms with Crippen LogP contribution in [0.2, 0.25) is 0 Å². The van der Waals surface area contributed by atoms with Crippen LogP contribution >= 0.6 is 0 Å². The maximum absolute atomic E-state index is 13.6. The first-order valence-corrected chi connectivity index (χ1v) is 11.2. The number of para-hydroxylation sites is 1. The van der Waals surface area contributed by atoms with Crippen molar-refractivity contribution in [2.24, 2.45) is 0 Å². The molecule has 2 amide bonds. The molecule has 0 spiro atoms. The minimum absolute atomic E-state index is 0.0760. The summed E-state index contributed by atoms with van der Waals surface area (Å²) in [5.41, 5.74) is 1.93. The van der Waals surface area contributed by atoms with E-state index in [-0.39, 0.29) is 24.9 Å². The summed E-state index contributed by atoms with van der Waals surface area (Å²) in [6.45, 7) is 2.47. The number of furan rings is 1. The molecule has 176 valence electrons. The Morgan fingerprint density at radius 3 is 2.65 bits per heavy atom. The highest BCUT2D eigenvalue weighted by Gasteiger charge is 2.31. The monoisotopic (exact) mass is 463 g/mol. The van der Waals surface area contributed by atoms with E-state index in [2.05, 4.69) is 15.6 Å². The second-order valence-corrected chi connectivity index (χ2v) is 7.93. The summed E-state index contributed by atoms with van der Waals surface area (Å²) >= 11 is 0. The predicted octanol–water partition coefficient (Wildman–Crippen LogP) is 3.85. The summed E-state index contributed by atoms with van der Waals surface area (Å²) in [6.07, 6.45) is 3.06. The first-order chi connectivity index (χ1) is 16.6. The number of hydrogen-bond donors (Lipinski definition) is 1. The van der Waals surface area contributed by atoms with Gasteiger partial charge < -0.3 is 14.6 Å². The fraction of sp³-hybridized carbons (Fsp3) is 0.280. The Morgan fingerprint density at radius 2 is 1.91 bits per heavy atom. The number of benzene rings is 2. The van der Waals surface area contributed by atoms with Crippen LogP contribution in [0, 0.1) is 5.82 Å². The number of hydrogen-bond acceptors (Lipinski definition) is 5. The molecule has 0 saturated carbocycles. The number of rotatable bonds is 10. The Bertz CT molecular complexity index is 1240. The summed E-state index contributed by atoms with van der Waals surface area (Å²) in [5, 5.41) is 11.1. The van der Waals surface area contributed by atoms with Gasteiger partial charge in [-0.05, 0) is 48.4 Å². The first-order valence-electron chi connectivity index (χ1n) is 11.2. The van der Waals surface area contributed by atoms with Gasteiger partial charge in [-0.25, -0.2) is 9.07 Å². The van der Waals surface area contributed by atoms with E-state index in [1.54, 1.807) is 12.1 Å². The lowest BCUT2D eigenvalue weighted by Crippen LogP contribution is -2.45. The molecule has 2 heterocycles. The number of fused-ring (bicyclic) bond motifs is 1. The molecule has 2 aromatic heterocycles. The molecule has 8 nitrogen and oxygen atoms in total. The highest BCUT2D eigenvalue weighted by molar-refractivity contribution is 5.89. The molecule has 0 saturated heterocycles. The van der Waals surface area contributed by atoms with E-state index in [0.29, 0.717) is 29.8 Å². The number of carbonyl (C=O) groups is 2. The zero-order valence-electron chi connectivity index (χ0n) is 18.9. The number of unbranched alkanes of at least 4 members (excludes halogenated alkanes) is 1. The van der Waals surface area contributed by atoms with Crippen LogP contribution in [0.5, 0.6) is 0 Å². The zero-order chi connectivity index (χ0) is 23.9. The molecule has 2 aromatic carbocycles. The number of halogens is 1. The van der Waals surface area contributed by atoms with Crippen LogP contribution in [-0.4, -0.2) is 38.3 Å². The van der Waals surface area contributed by atoms with Crippen molar-refractivity contribution in [1.82, 2.24) is 25.2 Å². The third-order valence-electron chi connectivity index (χ3n) is 5.54. The normalized spacial score (nSPS) is 11.9. The first kappa shape index (κ1) is 23.2. The van der Waals surface area contributed by atoms with Crippen molar-refractivity contribution in [2.45, 2.75) is 38.9 Å². The van der Waals surface area contributed by atoms with Gasteiger partial charge in [-0.15, -0.1) is 5.10 Å². The van der Waals surface area contributed by atoms with Crippen molar-refractivity contribution in [2.75, 3.05) is 6.54 Å². The minimum Gasteiger partial charge on any atom is -0.467 e. The van der Waals surface area contributed by atoms with E-state index < -0.39 is 11.9 Å². The third kappa shape index (κ3) is 5.31. The van der Waals surface area contributed by atoms with Crippen molar-refractivity contribution in [1.29, 1.82) is 0 Å². The van der Waals surface area contributed by atoms with Gasteiger partial charge >= 0.3 is 0 Å². The minimum atomic E-state index is -0.940. The van der Waals surface area contributed by atoms with Gasteiger partial charge in [0.1, 0.15) is 29.7 Å². The Balaban J connectivity index is 1.63. The van der Waals surface area contributed by atoms with E-state index in [0.717, 1.165) is 11.9 Å². The maximum Gasteiger partial charge on any atom is 0.247 e. The van der Waals surface area contributed by atoms with Crippen molar-refractivity contribution in [3.05, 3.63) is 84.1 Å². The number of aromatic nitrogens is 3. The van der Waals surface area contributed by atoms with Crippen LogP contribution in [0.15, 0.2) is 71.3 Å². The molecular weight excluding hydrogens is 437 g/mol. The van der Waals surface area contributed by atoms with Crippen LogP contribution in [0.1, 0.15) is 37.1 Å². The molecule has 4 rings (SSSR count). The highest BCUT2D eigenvalue weighted by Crippen LogP contribution is 2.24. The number of nitrogens with one attached hydrogen (secondary N) is 1. The lowest BCUT2D eigenvalue weighted by atomic mass is 10.0. The van der Waals surface area contributed by atoms with Gasteiger partial charge in [-0.3, -0.25) is 9.59 Å². The Labute approximate surface area is 196 Å². The van der Waals surface area contributed by atoms with Crippen LogP contribution in [0.4, 0.5) is 4.39 Å². The van der Waals surface area contributed by atoms with Crippen LogP contribution in [0.25, 0.3) is 11.0 Å². The highest BCUT2D eigenvalue weighted by atomic mass is 19.1. The summed E-state index contributed by atoms with van der Waals surface area (Å²) in [4.78, 5) is 28.4. The third-order valence-corrected chi connectivity index (χ3v) is 5.54. The molecule has 0 aliphatic heterocycles. The molecule has 4 aromatic rings. The molecule has 0 aliphatic rings. The van der Waals surface area contributed by atoms with Gasteiger partial charge in [0.05, 0.1) is 18.3 Å². The Morgan fingerprint density at radius 1 is 1.12 bits per heavy atom. The predicted molar refractivity (Wildman–Crippen MR) is 124 cm³/mol. The van der Waals surface area contributed by atoms with Gasteiger partial charge in [0.15, 0.2) is 0 Å². The van der Waals surface area contributed by atoms with Gasteiger partial charge in [-0.2, -0.15) is 0 Å². The molecular formula is C25H26FN5O3. The van der Waals surface area contributed by atoms with Gasteiger partial charge in [-0.1, -0.05) is 42.8 Å². The van der Waals surface area contributed by atoms with Crippen molar-refractivity contribution in [3.63, 3.8) is 0 Å². The molecule has 9 heteroatoms. The standard InChI is InChI=1S/C25H26FN5O3/c1-2-3-14-30(23(32)17-31-22-9-5-4-8-21(22)28-29-31)24(18-10-12-19(26)13-11-18)25(33)27-16-20-7-6-15-34-20/h4-13,15,24H,2-3,14,16-17H2,1H3,(H,27,33)/t24-/m1/s1. The fourth-order valence-electron chi connectivity index (χ4n) is 3.78. The molecule has 1 N–H and O–H groups in total. The molecule has 34 heavy (non-hydrogen) atoms. The average Bonchev–Trinajstić information content (AvgIpc) is 3.51. The van der Waals surface area contributed by atoms with E-state index in [4.69, 9.17) is 4.42 Å². The van der Waals surface area contributed by atoms with E-state index >= 15 is 0 Å². The van der Waals surface area contributed by atoms with Gasteiger partial charge in [0.25, 0.3) is 0 Å². The number of amides is 2. The summed E-state index contributed by atoms with van der Waals surface area (Å²) < 4.78 is 20.5. The lowest BCUT2D eigenvalue weighted by Gasteiger charge is -2.31. The van der Waals surface area contributed by atoms with Crippen molar-refractivity contribution in [3.8, 4) is 0 Å². The summed E-state index contributed by atoms with van der Waals surface area (Å²) in [7, 11) is 0. The van der Waals surface area contributed by atoms with E-state index in [9.17, 15) is 14.0 Å². The number of nitrogens with zero attached hydrogens (tertiary/aromatic N) is 4. The second kappa shape index (κ2) is 10.7. The largest absolute Gasteiger partial charge is 0.467 e. The summed E-state index contributed by atoms with van der Waals surface area (Å²) in [5.74, 6) is -0.492. The molecule has 0 fully saturated rings. The smallest absolute Gasteiger partial charge is 0.247 e. The van der Waals surface area contributed by atoms with Crippen LogP contribution in [0.3, 0.4) is 0 Å². The quantitative estimate of drug-likeness (QED) is 0.386. The fourth-order valence-corrected chi connectivity index (χ4v) is 3.78. The summed E-state index contributed by atoms with van der Waals surface area (Å²) in [6, 6.07) is 15.5. The Hall–Kier alpha value is -4.01. The van der Waals surface area contributed by atoms with Gasteiger partial charge in [0.2, 0.25) is 11.8 Å². The van der Waals surface area contributed by atoms with Crippen molar-refractivity contribution < 1.29 is 18.4 Å². The average molecular weight is 464 g/mol. The van der Waals surface area contributed by atoms with Gasteiger partial charge in [0, 0.05) is 6.54 Å². The zero-order valence-corrected chi connectivity index (χ0v) is 18.9. The second-order valence-electron chi connectivity index (χ2n) is 7.93. The molecule has 0 bridgehead atoms. The lowest BCUT2D eigenvalue weighted by molar-refractivity contribution is -0.141. The van der Waals surface area contributed by atoms with E-state index in [1.165, 1.54) is 40.1 Å². The van der Waals surface area contributed by atoms with Crippen molar-refractivity contribution >= 4 is 22.8 Å². The van der Waals surface area contributed by atoms with Crippen LogP contribution < -0.4 is 5.32 Å². The Kier molecular flexibility index (Phi) is 7.31. The molecule has 0 aliphatic carbocycles. The molecule has 0 radical (unpaired) electrons. The maximum atomic E-state index is 13.6. The SMILES string of the molecule is CCCCN(C(=O)Cn1nnc2ccccc21)[C@@H](C(=O)NCc1ccco1)c1ccc(F)cc1. The van der Waals surface area contributed by atoms with E-state index in [1.807, 2.05) is 31.2 Å². The topological polar surface area (TPSA) is 93.3 Å². The molecule has 1 atom stereocenters. The van der Waals surface area contributed by atoms with Crippen LogP contribution in [-0.2, 0) is 22.7 Å².